The molecular weight excluding hydrogens is 242 g/mol. The van der Waals surface area contributed by atoms with E-state index in [1.807, 2.05) is 30.3 Å². The number of carbonyl (C=O) groups excluding carboxylic acids is 1. The van der Waals surface area contributed by atoms with Crippen molar-refractivity contribution in [2.75, 3.05) is 13.7 Å². The average Bonchev–Trinajstić information content (AvgIpc) is 2.87. The molecule has 1 aromatic heterocycles. The van der Waals surface area contributed by atoms with Gasteiger partial charge in [0.1, 0.15) is 11.3 Å². The lowest BCUT2D eigenvalue weighted by Gasteiger charge is -2.10. The lowest BCUT2D eigenvalue weighted by molar-refractivity contribution is -0.140. The molecule has 102 valence electrons. The Kier molecular flexibility index (Phi) is 4.58. The number of benzene rings is 1. The van der Waals surface area contributed by atoms with Crippen LogP contribution < -0.4 is 5.32 Å². The third kappa shape index (κ3) is 3.58. The summed E-state index contributed by atoms with van der Waals surface area (Å²) in [4.78, 5) is 11.0. The van der Waals surface area contributed by atoms with Gasteiger partial charge >= 0.3 is 5.97 Å². The van der Waals surface area contributed by atoms with Gasteiger partial charge in [-0.25, -0.2) is 0 Å². The Morgan fingerprint density at radius 3 is 2.95 bits per heavy atom. The summed E-state index contributed by atoms with van der Waals surface area (Å²) >= 11 is 0. The minimum Gasteiger partial charge on any atom is -0.469 e. The van der Waals surface area contributed by atoms with E-state index < -0.39 is 0 Å². The summed E-state index contributed by atoms with van der Waals surface area (Å²) in [6.07, 6.45) is 1.20. The van der Waals surface area contributed by atoms with Gasteiger partial charge in [0, 0.05) is 11.8 Å². The number of methoxy groups -OCH3 is 1. The normalized spacial score (nSPS) is 12.5. The first kappa shape index (κ1) is 13.6. The zero-order valence-corrected chi connectivity index (χ0v) is 11.3. The second-order valence-corrected chi connectivity index (χ2v) is 4.54. The fourth-order valence-corrected chi connectivity index (χ4v) is 1.97. The number of para-hydroxylation sites is 1. The van der Waals surface area contributed by atoms with Crippen molar-refractivity contribution in [1.82, 2.24) is 5.32 Å². The average molecular weight is 261 g/mol. The third-order valence-corrected chi connectivity index (χ3v) is 3.11. The molecule has 19 heavy (non-hydrogen) atoms. The van der Waals surface area contributed by atoms with E-state index in [9.17, 15) is 4.79 Å². The van der Waals surface area contributed by atoms with Gasteiger partial charge in [0.15, 0.2) is 0 Å². The minimum absolute atomic E-state index is 0.130. The van der Waals surface area contributed by atoms with Crippen LogP contribution in [0.1, 0.15) is 31.6 Å². The standard InChI is InChI=1S/C15H19NO3/c1-11(16-9-5-8-15(17)18-2)14-10-12-6-3-4-7-13(12)19-14/h3-4,6-7,10-11,16H,5,8-9H2,1-2H3. The molecule has 2 aromatic rings. The van der Waals surface area contributed by atoms with E-state index in [0.717, 1.165) is 29.7 Å². The molecule has 4 nitrogen and oxygen atoms in total. The van der Waals surface area contributed by atoms with Gasteiger partial charge in [0.2, 0.25) is 0 Å². The van der Waals surface area contributed by atoms with Gasteiger partial charge in [-0.05, 0) is 32.0 Å². The molecule has 4 heteroatoms. The Hall–Kier alpha value is -1.81. The van der Waals surface area contributed by atoms with Crippen LogP contribution in [0.2, 0.25) is 0 Å². The molecule has 0 amide bonds. The van der Waals surface area contributed by atoms with Crippen molar-refractivity contribution in [2.45, 2.75) is 25.8 Å². The first-order valence-electron chi connectivity index (χ1n) is 6.49. The highest BCUT2D eigenvalue weighted by Gasteiger charge is 2.10. The number of ether oxygens (including phenoxy) is 1. The molecule has 2 rings (SSSR count). The number of nitrogens with one attached hydrogen (secondary N) is 1. The van der Waals surface area contributed by atoms with Crippen LogP contribution in [0.4, 0.5) is 0 Å². The molecule has 1 atom stereocenters. The molecule has 0 saturated carbocycles. The highest BCUT2D eigenvalue weighted by molar-refractivity contribution is 5.77. The van der Waals surface area contributed by atoms with Gasteiger partial charge < -0.3 is 14.5 Å². The van der Waals surface area contributed by atoms with E-state index in [1.165, 1.54) is 7.11 Å². The monoisotopic (exact) mass is 261 g/mol. The molecule has 0 spiro atoms. The molecule has 0 radical (unpaired) electrons. The predicted molar refractivity (Wildman–Crippen MR) is 73.9 cm³/mol. The van der Waals surface area contributed by atoms with Crippen LogP contribution >= 0.6 is 0 Å². The number of hydrogen-bond donors (Lipinski definition) is 1. The van der Waals surface area contributed by atoms with E-state index in [1.54, 1.807) is 0 Å². The van der Waals surface area contributed by atoms with Crippen molar-refractivity contribution in [2.24, 2.45) is 0 Å². The molecule has 1 N–H and O–H groups in total. The Bertz CT molecular complexity index is 514. The highest BCUT2D eigenvalue weighted by atomic mass is 16.5. The Morgan fingerprint density at radius 1 is 1.42 bits per heavy atom. The summed E-state index contributed by atoms with van der Waals surface area (Å²) in [6.45, 7) is 2.81. The molecule has 1 aromatic carbocycles. The Balaban J connectivity index is 1.85. The zero-order valence-electron chi connectivity index (χ0n) is 11.3. The zero-order chi connectivity index (χ0) is 13.7. The molecule has 0 bridgehead atoms. The van der Waals surface area contributed by atoms with Gasteiger partial charge in [0.25, 0.3) is 0 Å². The van der Waals surface area contributed by atoms with Gasteiger partial charge in [-0.1, -0.05) is 18.2 Å². The van der Waals surface area contributed by atoms with Crippen molar-refractivity contribution < 1.29 is 13.9 Å². The molecule has 1 unspecified atom stereocenters. The second-order valence-electron chi connectivity index (χ2n) is 4.54. The van der Waals surface area contributed by atoms with Crippen LogP contribution in [0.25, 0.3) is 11.0 Å². The number of esters is 1. The summed E-state index contributed by atoms with van der Waals surface area (Å²) in [5, 5.41) is 4.45. The molecule has 0 aliphatic carbocycles. The van der Waals surface area contributed by atoms with Gasteiger partial charge in [0.05, 0.1) is 13.2 Å². The fourth-order valence-electron chi connectivity index (χ4n) is 1.97. The van der Waals surface area contributed by atoms with Crippen molar-refractivity contribution in [3.63, 3.8) is 0 Å². The quantitative estimate of drug-likeness (QED) is 0.641. The molecule has 0 saturated heterocycles. The predicted octanol–water partition coefficient (Wildman–Crippen LogP) is 3.04. The van der Waals surface area contributed by atoms with Crippen molar-refractivity contribution >= 4 is 16.9 Å². The van der Waals surface area contributed by atoms with Crippen LogP contribution in [0.3, 0.4) is 0 Å². The first-order chi connectivity index (χ1) is 9.20. The lowest BCUT2D eigenvalue weighted by Crippen LogP contribution is -2.20. The summed E-state index contributed by atoms with van der Waals surface area (Å²) in [5.74, 6) is 0.748. The van der Waals surface area contributed by atoms with E-state index in [2.05, 4.69) is 17.0 Å². The highest BCUT2D eigenvalue weighted by Crippen LogP contribution is 2.23. The van der Waals surface area contributed by atoms with Gasteiger partial charge in [-0.3, -0.25) is 4.79 Å². The molecule has 0 fully saturated rings. The second kappa shape index (κ2) is 6.38. The summed E-state index contributed by atoms with van der Waals surface area (Å²) in [6, 6.07) is 10.1. The van der Waals surface area contributed by atoms with Crippen LogP contribution in [0.15, 0.2) is 34.7 Å². The first-order valence-corrected chi connectivity index (χ1v) is 6.49. The molecule has 1 heterocycles. The summed E-state index contributed by atoms with van der Waals surface area (Å²) in [5.41, 5.74) is 0.903. The maximum Gasteiger partial charge on any atom is 0.305 e. The van der Waals surface area contributed by atoms with E-state index in [4.69, 9.17) is 4.42 Å². The number of carbonyl (C=O) groups is 1. The van der Waals surface area contributed by atoms with Crippen LogP contribution in [0.5, 0.6) is 0 Å². The molecule has 0 aliphatic rings. The maximum atomic E-state index is 11.0. The number of rotatable bonds is 6. The van der Waals surface area contributed by atoms with E-state index in [0.29, 0.717) is 6.42 Å². The van der Waals surface area contributed by atoms with Gasteiger partial charge in [-0.2, -0.15) is 0 Å². The van der Waals surface area contributed by atoms with Crippen LogP contribution in [0, 0.1) is 0 Å². The van der Waals surface area contributed by atoms with Crippen LogP contribution in [-0.4, -0.2) is 19.6 Å². The SMILES string of the molecule is COC(=O)CCCNC(C)c1cc2ccccc2o1. The Morgan fingerprint density at radius 2 is 2.21 bits per heavy atom. The van der Waals surface area contributed by atoms with Crippen molar-refractivity contribution in [3.05, 3.63) is 36.1 Å². The van der Waals surface area contributed by atoms with Crippen molar-refractivity contribution in [3.8, 4) is 0 Å². The van der Waals surface area contributed by atoms with E-state index in [-0.39, 0.29) is 12.0 Å². The minimum atomic E-state index is -0.168. The number of fused-ring (bicyclic) bond motifs is 1. The maximum absolute atomic E-state index is 11.0. The number of furan rings is 1. The third-order valence-electron chi connectivity index (χ3n) is 3.11. The fraction of sp³-hybridized carbons (Fsp3) is 0.400. The van der Waals surface area contributed by atoms with Crippen molar-refractivity contribution in [1.29, 1.82) is 0 Å². The molecule has 0 aliphatic heterocycles. The summed E-state index contributed by atoms with van der Waals surface area (Å²) < 4.78 is 10.4. The smallest absolute Gasteiger partial charge is 0.305 e. The number of hydrogen-bond acceptors (Lipinski definition) is 4. The van der Waals surface area contributed by atoms with E-state index >= 15 is 0 Å². The largest absolute Gasteiger partial charge is 0.469 e. The van der Waals surface area contributed by atoms with Gasteiger partial charge in [-0.15, -0.1) is 0 Å². The Labute approximate surface area is 112 Å². The topological polar surface area (TPSA) is 51.5 Å². The van der Waals surface area contributed by atoms with Crippen LogP contribution in [-0.2, 0) is 9.53 Å². The lowest BCUT2D eigenvalue weighted by atomic mass is 10.2. The molecular formula is C15H19NO3. The summed E-state index contributed by atoms with van der Waals surface area (Å²) in [7, 11) is 1.41.